The molecule has 0 saturated carbocycles. The highest BCUT2D eigenvalue weighted by Gasteiger charge is 2.34. The number of fused-ring (bicyclic) bond motifs is 1. The van der Waals surface area contributed by atoms with Crippen molar-refractivity contribution in [1.29, 1.82) is 0 Å². The Kier molecular flexibility index (Phi) is 5.58. The molecule has 0 saturated heterocycles. The Labute approximate surface area is 173 Å². The molecule has 0 aliphatic carbocycles. The summed E-state index contributed by atoms with van der Waals surface area (Å²) in [5, 5.41) is 6.88. The van der Waals surface area contributed by atoms with E-state index in [-0.39, 0.29) is 22.9 Å². The van der Waals surface area contributed by atoms with Crippen molar-refractivity contribution in [3.05, 3.63) is 76.2 Å². The second-order valence-corrected chi connectivity index (χ2v) is 8.66. The normalized spacial score (nSPS) is 16.6. The van der Waals surface area contributed by atoms with Crippen LogP contribution in [-0.2, 0) is 24.2 Å². The fraction of sp³-hybridized carbons (Fsp3) is 0.318. The zero-order valence-electron chi connectivity index (χ0n) is 16.5. The Morgan fingerprint density at radius 1 is 1.21 bits per heavy atom. The molecule has 4 rings (SSSR count). The molecule has 0 radical (unpaired) electrons. The molecule has 29 heavy (non-hydrogen) atoms. The fourth-order valence-corrected chi connectivity index (χ4v) is 4.71. The predicted octanol–water partition coefficient (Wildman–Crippen LogP) is 3.27. The van der Waals surface area contributed by atoms with Gasteiger partial charge in [0.05, 0.1) is 5.25 Å². The Morgan fingerprint density at radius 2 is 1.93 bits per heavy atom. The second kappa shape index (κ2) is 8.29. The molecule has 2 heterocycles. The molecular weight excluding hydrogens is 384 g/mol. The van der Waals surface area contributed by atoms with Crippen LogP contribution in [0.1, 0.15) is 25.0 Å². The number of rotatable bonds is 6. The average molecular weight is 409 g/mol. The minimum atomic E-state index is -0.353. The zero-order chi connectivity index (χ0) is 20.4. The number of hydrogen-bond acceptors (Lipinski definition) is 4. The van der Waals surface area contributed by atoms with Crippen LogP contribution in [0.15, 0.2) is 64.5 Å². The highest BCUT2D eigenvalue weighted by molar-refractivity contribution is 8.00. The summed E-state index contributed by atoms with van der Waals surface area (Å²) in [5.41, 5.74) is 3.09. The van der Waals surface area contributed by atoms with E-state index in [1.54, 1.807) is 4.57 Å². The number of anilines is 1. The van der Waals surface area contributed by atoms with Gasteiger partial charge in [-0.1, -0.05) is 60.3 Å². The molecule has 150 valence electrons. The minimum Gasteiger partial charge on any atom is -0.308 e. The first-order valence-electron chi connectivity index (χ1n) is 9.81. The number of aromatic amines is 1. The van der Waals surface area contributed by atoms with E-state index in [0.29, 0.717) is 11.7 Å². The molecule has 1 amide bonds. The van der Waals surface area contributed by atoms with E-state index >= 15 is 0 Å². The summed E-state index contributed by atoms with van der Waals surface area (Å²) >= 11 is 1.33. The number of aryl methyl sites for hydroxylation is 1. The molecule has 1 aliphatic rings. The second-order valence-electron chi connectivity index (χ2n) is 7.35. The highest BCUT2D eigenvalue weighted by atomic mass is 32.2. The molecule has 7 heteroatoms. The van der Waals surface area contributed by atoms with Crippen LogP contribution in [0.4, 0.5) is 5.69 Å². The quantitative estimate of drug-likeness (QED) is 0.636. The predicted molar refractivity (Wildman–Crippen MR) is 115 cm³/mol. The molecule has 0 bridgehead atoms. The summed E-state index contributed by atoms with van der Waals surface area (Å²) in [5.74, 6) is 0.0394. The highest BCUT2D eigenvalue weighted by Crippen LogP contribution is 2.34. The number of carbonyl (C=O) groups excluding carboxylic acids is 1. The van der Waals surface area contributed by atoms with Gasteiger partial charge >= 0.3 is 5.69 Å². The van der Waals surface area contributed by atoms with Crippen molar-refractivity contribution in [1.82, 2.24) is 14.8 Å². The standard InChI is InChI=1S/C22H24N4O2S/c1-15-14-18-10-6-7-11-19(18)26(15)20(27)16(2)29-22-24-23-21(28)25(22)13-12-17-8-4-3-5-9-17/h3-11,15-16H,12-14H2,1-2H3,(H,23,28). The third-order valence-electron chi connectivity index (χ3n) is 5.26. The number of benzene rings is 2. The lowest BCUT2D eigenvalue weighted by Gasteiger charge is -2.25. The van der Waals surface area contributed by atoms with Crippen LogP contribution in [-0.4, -0.2) is 32.0 Å². The Balaban J connectivity index is 1.48. The maximum absolute atomic E-state index is 13.2. The first-order chi connectivity index (χ1) is 14.0. The number of carbonyl (C=O) groups is 1. The molecule has 2 aromatic carbocycles. The van der Waals surface area contributed by atoms with E-state index < -0.39 is 0 Å². The van der Waals surface area contributed by atoms with Gasteiger partial charge in [-0.05, 0) is 43.9 Å². The van der Waals surface area contributed by atoms with Crippen LogP contribution in [0.5, 0.6) is 0 Å². The monoisotopic (exact) mass is 408 g/mol. The Bertz CT molecular complexity index is 1060. The summed E-state index contributed by atoms with van der Waals surface area (Å²) in [6.07, 6.45) is 1.59. The molecule has 2 unspecified atom stereocenters. The molecule has 0 fully saturated rings. The number of nitrogens with one attached hydrogen (secondary N) is 1. The van der Waals surface area contributed by atoms with E-state index in [4.69, 9.17) is 0 Å². The van der Waals surface area contributed by atoms with Gasteiger partial charge in [-0.25, -0.2) is 9.89 Å². The van der Waals surface area contributed by atoms with Gasteiger partial charge in [0.25, 0.3) is 0 Å². The van der Waals surface area contributed by atoms with Gasteiger partial charge in [0.2, 0.25) is 5.91 Å². The molecule has 6 nitrogen and oxygen atoms in total. The van der Waals surface area contributed by atoms with Crippen molar-refractivity contribution in [3.63, 3.8) is 0 Å². The molecule has 0 spiro atoms. The number of para-hydroxylation sites is 1. The topological polar surface area (TPSA) is 71.0 Å². The van der Waals surface area contributed by atoms with Crippen molar-refractivity contribution in [2.24, 2.45) is 0 Å². The maximum atomic E-state index is 13.2. The third-order valence-corrected chi connectivity index (χ3v) is 6.34. The van der Waals surface area contributed by atoms with E-state index in [0.717, 1.165) is 24.1 Å². The summed E-state index contributed by atoms with van der Waals surface area (Å²) in [6.45, 7) is 4.46. The molecule has 2 atom stereocenters. The summed E-state index contributed by atoms with van der Waals surface area (Å²) in [7, 11) is 0. The Hall–Kier alpha value is -2.80. The SMILES string of the molecule is CC(Sc1n[nH]c(=O)n1CCc1ccccc1)C(=O)N1c2ccccc2CC1C. The van der Waals surface area contributed by atoms with Crippen LogP contribution in [0.25, 0.3) is 0 Å². The first kappa shape index (κ1) is 19.5. The van der Waals surface area contributed by atoms with Gasteiger partial charge in [0, 0.05) is 18.3 Å². The molecular formula is C22H24N4O2S. The number of aromatic nitrogens is 3. The molecule has 1 N–H and O–H groups in total. The summed E-state index contributed by atoms with van der Waals surface area (Å²) in [6, 6.07) is 18.2. The number of nitrogens with zero attached hydrogens (tertiary/aromatic N) is 3. The van der Waals surface area contributed by atoms with Gasteiger partial charge < -0.3 is 4.90 Å². The van der Waals surface area contributed by atoms with Gasteiger partial charge in [-0.2, -0.15) is 0 Å². The molecule has 1 aromatic heterocycles. The summed E-state index contributed by atoms with van der Waals surface area (Å²) in [4.78, 5) is 27.3. The van der Waals surface area contributed by atoms with E-state index in [1.165, 1.54) is 17.3 Å². The van der Waals surface area contributed by atoms with Crippen LogP contribution < -0.4 is 10.6 Å². The molecule has 3 aromatic rings. The smallest absolute Gasteiger partial charge is 0.308 e. The van der Waals surface area contributed by atoms with Gasteiger partial charge in [0.15, 0.2) is 5.16 Å². The van der Waals surface area contributed by atoms with Crippen LogP contribution in [0.3, 0.4) is 0 Å². The molecule has 1 aliphatic heterocycles. The van der Waals surface area contributed by atoms with E-state index in [1.807, 2.05) is 60.4 Å². The van der Waals surface area contributed by atoms with Crippen molar-refractivity contribution in [3.8, 4) is 0 Å². The number of hydrogen-bond donors (Lipinski definition) is 1. The first-order valence-corrected chi connectivity index (χ1v) is 10.7. The van der Waals surface area contributed by atoms with Crippen LogP contribution in [0, 0.1) is 0 Å². The van der Waals surface area contributed by atoms with Gasteiger partial charge in [-0.15, -0.1) is 5.10 Å². The minimum absolute atomic E-state index is 0.0394. The van der Waals surface area contributed by atoms with Crippen molar-refractivity contribution in [2.75, 3.05) is 4.90 Å². The summed E-state index contributed by atoms with van der Waals surface area (Å²) < 4.78 is 1.61. The van der Waals surface area contributed by atoms with Crippen LogP contribution >= 0.6 is 11.8 Å². The number of amides is 1. The van der Waals surface area contributed by atoms with Crippen molar-refractivity contribution >= 4 is 23.4 Å². The lowest BCUT2D eigenvalue weighted by molar-refractivity contribution is -0.118. The van der Waals surface area contributed by atoms with Crippen LogP contribution in [0.2, 0.25) is 0 Å². The van der Waals surface area contributed by atoms with Crippen molar-refractivity contribution in [2.45, 2.75) is 49.7 Å². The third kappa shape index (κ3) is 4.00. The maximum Gasteiger partial charge on any atom is 0.343 e. The van der Waals surface area contributed by atoms with Crippen molar-refractivity contribution < 1.29 is 4.79 Å². The van der Waals surface area contributed by atoms with E-state index in [9.17, 15) is 9.59 Å². The number of H-pyrrole nitrogens is 1. The lowest BCUT2D eigenvalue weighted by atomic mass is 10.1. The lowest BCUT2D eigenvalue weighted by Crippen LogP contribution is -2.40. The number of thioether (sulfide) groups is 1. The fourth-order valence-electron chi connectivity index (χ4n) is 3.78. The van der Waals surface area contributed by atoms with E-state index in [2.05, 4.69) is 23.2 Å². The largest absolute Gasteiger partial charge is 0.343 e. The zero-order valence-corrected chi connectivity index (χ0v) is 17.4. The van der Waals surface area contributed by atoms with Gasteiger partial charge in [0.1, 0.15) is 0 Å². The average Bonchev–Trinajstić information content (AvgIpc) is 3.25. The Morgan fingerprint density at radius 3 is 2.72 bits per heavy atom. The van der Waals surface area contributed by atoms with Gasteiger partial charge in [-0.3, -0.25) is 9.36 Å².